The summed E-state index contributed by atoms with van der Waals surface area (Å²) in [6.45, 7) is 5.15. The van der Waals surface area contributed by atoms with Gasteiger partial charge in [0.15, 0.2) is 0 Å². The highest BCUT2D eigenvalue weighted by molar-refractivity contribution is 6.33. The normalized spacial score (nSPS) is 20.1. The van der Waals surface area contributed by atoms with E-state index in [9.17, 15) is 4.79 Å². The third-order valence-electron chi connectivity index (χ3n) is 3.98. The standard InChI is InChI=1S/C16H21ClN2O2/c1-3-13-11-19(9-8-18(13)2)15-6-4-12(10-14(15)17)5-7-16(20)21/h4-7,10,13H,3,8-9,11H2,1-2H3,(H,20,21)/b7-5+. The Kier molecular flexibility index (Phi) is 5.26. The Bertz CT molecular complexity index is 545. The molecule has 1 fully saturated rings. The van der Waals surface area contributed by atoms with Gasteiger partial charge >= 0.3 is 5.97 Å². The van der Waals surface area contributed by atoms with Gasteiger partial charge in [-0.3, -0.25) is 4.90 Å². The van der Waals surface area contributed by atoms with Gasteiger partial charge in [0.2, 0.25) is 0 Å². The van der Waals surface area contributed by atoms with Crippen LogP contribution < -0.4 is 4.90 Å². The van der Waals surface area contributed by atoms with Crippen LogP contribution in [-0.4, -0.2) is 48.7 Å². The van der Waals surface area contributed by atoms with Crippen molar-refractivity contribution in [2.24, 2.45) is 0 Å². The maximum absolute atomic E-state index is 10.5. The van der Waals surface area contributed by atoms with Crippen LogP contribution in [0.3, 0.4) is 0 Å². The molecule has 1 unspecified atom stereocenters. The molecule has 21 heavy (non-hydrogen) atoms. The molecule has 1 aromatic carbocycles. The van der Waals surface area contributed by atoms with Gasteiger partial charge in [0.05, 0.1) is 10.7 Å². The zero-order chi connectivity index (χ0) is 15.4. The van der Waals surface area contributed by atoms with Crippen LogP contribution in [0.5, 0.6) is 0 Å². The second kappa shape index (κ2) is 6.96. The van der Waals surface area contributed by atoms with E-state index in [-0.39, 0.29) is 0 Å². The molecule has 1 atom stereocenters. The van der Waals surface area contributed by atoms with Crippen LogP contribution in [-0.2, 0) is 4.79 Å². The summed E-state index contributed by atoms with van der Waals surface area (Å²) >= 11 is 6.37. The van der Waals surface area contributed by atoms with E-state index in [2.05, 4.69) is 23.8 Å². The van der Waals surface area contributed by atoms with E-state index in [1.165, 1.54) is 0 Å². The van der Waals surface area contributed by atoms with Crippen LogP contribution in [0.15, 0.2) is 24.3 Å². The van der Waals surface area contributed by atoms with E-state index in [0.717, 1.165) is 43.4 Å². The lowest BCUT2D eigenvalue weighted by atomic mass is 10.1. The van der Waals surface area contributed by atoms with Crippen LogP contribution in [0, 0.1) is 0 Å². The maximum Gasteiger partial charge on any atom is 0.328 e. The molecule has 1 saturated heterocycles. The van der Waals surface area contributed by atoms with E-state index < -0.39 is 5.97 Å². The summed E-state index contributed by atoms with van der Waals surface area (Å²) < 4.78 is 0. The molecule has 1 heterocycles. The van der Waals surface area contributed by atoms with Gasteiger partial charge in [-0.1, -0.05) is 24.6 Å². The first-order chi connectivity index (χ1) is 10.0. The lowest BCUT2D eigenvalue weighted by Crippen LogP contribution is -2.51. The van der Waals surface area contributed by atoms with Gasteiger partial charge in [-0.15, -0.1) is 0 Å². The second-order valence-electron chi connectivity index (χ2n) is 5.37. The minimum atomic E-state index is -0.958. The molecule has 0 spiro atoms. The van der Waals surface area contributed by atoms with Gasteiger partial charge in [0.1, 0.15) is 0 Å². The number of carbonyl (C=O) groups is 1. The molecular formula is C16H21ClN2O2. The maximum atomic E-state index is 10.5. The molecule has 0 aromatic heterocycles. The van der Waals surface area contributed by atoms with Crippen molar-refractivity contribution in [1.29, 1.82) is 0 Å². The molecule has 0 saturated carbocycles. The number of rotatable bonds is 4. The topological polar surface area (TPSA) is 43.8 Å². The van der Waals surface area contributed by atoms with Gasteiger partial charge in [0.25, 0.3) is 0 Å². The number of halogens is 1. The number of piperazine rings is 1. The molecule has 5 heteroatoms. The van der Waals surface area contributed by atoms with E-state index in [0.29, 0.717) is 11.1 Å². The van der Waals surface area contributed by atoms with Crippen LogP contribution >= 0.6 is 11.6 Å². The summed E-state index contributed by atoms with van der Waals surface area (Å²) in [6.07, 6.45) is 3.79. The van der Waals surface area contributed by atoms with E-state index in [1.807, 2.05) is 18.2 Å². The Morgan fingerprint density at radius 2 is 2.24 bits per heavy atom. The summed E-state index contributed by atoms with van der Waals surface area (Å²) in [5.74, 6) is -0.958. The Morgan fingerprint density at radius 1 is 1.48 bits per heavy atom. The molecule has 4 nitrogen and oxygen atoms in total. The van der Waals surface area contributed by atoms with Crippen molar-refractivity contribution >= 4 is 29.3 Å². The second-order valence-corrected chi connectivity index (χ2v) is 5.78. The van der Waals surface area contributed by atoms with Crippen molar-refractivity contribution in [2.75, 3.05) is 31.6 Å². The van der Waals surface area contributed by atoms with Gasteiger partial charge in [-0.25, -0.2) is 4.79 Å². The average molecular weight is 309 g/mol. The predicted molar refractivity (Wildman–Crippen MR) is 87.0 cm³/mol. The molecule has 2 rings (SSSR count). The highest BCUT2D eigenvalue weighted by Gasteiger charge is 2.24. The summed E-state index contributed by atoms with van der Waals surface area (Å²) in [5.41, 5.74) is 1.82. The summed E-state index contributed by atoms with van der Waals surface area (Å²) in [7, 11) is 2.16. The first-order valence-corrected chi connectivity index (χ1v) is 7.54. The van der Waals surface area contributed by atoms with Crippen molar-refractivity contribution in [3.05, 3.63) is 34.9 Å². The minimum Gasteiger partial charge on any atom is -0.478 e. The quantitative estimate of drug-likeness (QED) is 0.869. The van der Waals surface area contributed by atoms with Gasteiger partial charge in [0, 0.05) is 31.8 Å². The van der Waals surface area contributed by atoms with Crippen LogP contribution in [0.2, 0.25) is 5.02 Å². The fourth-order valence-corrected chi connectivity index (χ4v) is 2.96. The Hall–Kier alpha value is -1.52. The van der Waals surface area contributed by atoms with Crippen LogP contribution in [0.4, 0.5) is 5.69 Å². The molecular weight excluding hydrogens is 288 g/mol. The van der Waals surface area contributed by atoms with Gasteiger partial charge < -0.3 is 10.0 Å². The zero-order valence-electron chi connectivity index (χ0n) is 12.4. The fourth-order valence-electron chi connectivity index (χ4n) is 2.66. The van der Waals surface area contributed by atoms with E-state index >= 15 is 0 Å². The number of likely N-dealkylation sites (N-methyl/N-ethyl adjacent to an activating group) is 1. The van der Waals surface area contributed by atoms with Crippen molar-refractivity contribution in [1.82, 2.24) is 4.90 Å². The SMILES string of the molecule is CCC1CN(c2ccc(/C=C/C(=O)O)cc2Cl)CCN1C. The third kappa shape index (κ3) is 3.99. The van der Waals surface area contributed by atoms with Crippen LogP contribution in [0.25, 0.3) is 6.08 Å². The predicted octanol–water partition coefficient (Wildman–Crippen LogP) is 2.97. The van der Waals surface area contributed by atoms with E-state index in [4.69, 9.17) is 16.7 Å². The first-order valence-electron chi connectivity index (χ1n) is 7.17. The first kappa shape index (κ1) is 15.9. The molecule has 0 bridgehead atoms. The monoisotopic (exact) mass is 308 g/mol. The Labute approximate surface area is 130 Å². The molecule has 0 radical (unpaired) electrons. The molecule has 1 N–H and O–H groups in total. The molecule has 0 aliphatic carbocycles. The molecule has 1 aliphatic heterocycles. The Morgan fingerprint density at radius 3 is 2.86 bits per heavy atom. The number of nitrogens with zero attached hydrogens (tertiary/aromatic N) is 2. The number of hydrogen-bond acceptors (Lipinski definition) is 3. The highest BCUT2D eigenvalue weighted by atomic mass is 35.5. The lowest BCUT2D eigenvalue weighted by molar-refractivity contribution is -0.131. The average Bonchev–Trinajstić information content (AvgIpc) is 2.46. The van der Waals surface area contributed by atoms with Crippen LogP contribution in [0.1, 0.15) is 18.9 Å². The smallest absolute Gasteiger partial charge is 0.328 e. The van der Waals surface area contributed by atoms with Gasteiger partial charge in [-0.05, 0) is 37.2 Å². The van der Waals surface area contributed by atoms with Crippen molar-refractivity contribution in [3.63, 3.8) is 0 Å². The highest BCUT2D eigenvalue weighted by Crippen LogP contribution is 2.29. The minimum absolute atomic E-state index is 0.543. The lowest BCUT2D eigenvalue weighted by Gasteiger charge is -2.40. The number of carboxylic acids is 1. The summed E-state index contributed by atoms with van der Waals surface area (Å²) in [6, 6.07) is 6.23. The van der Waals surface area contributed by atoms with Crippen molar-refractivity contribution < 1.29 is 9.90 Å². The summed E-state index contributed by atoms with van der Waals surface area (Å²) in [4.78, 5) is 15.2. The van der Waals surface area contributed by atoms with Gasteiger partial charge in [-0.2, -0.15) is 0 Å². The number of hydrogen-bond donors (Lipinski definition) is 1. The van der Waals surface area contributed by atoms with E-state index in [1.54, 1.807) is 6.08 Å². The van der Waals surface area contributed by atoms with Crippen molar-refractivity contribution in [2.45, 2.75) is 19.4 Å². The van der Waals surface area contributed by atoms with Crippen molar-refractivity contribution in [3.8, 4) is 0 Å². The number of benzene rings is 1. The summed E-state index contributed by atoms with van der Waals surface area (Å²) in [5, 5.41) is 9.32. The molecule has 114 valence electrons. The fraction of sp³-hybridized carbons (Fsp3) is 0.438. The number of carboxylic acid groups (broad SMARTS) is 1. The number of anilines is 1. The largest absolute Gasteiger partial charge is 0.478 e. The number of aliphatic carboxylic acids is 1. The Balaban J connectivity index is 2.15. The zero-order valence-corrected chi connectivity index (χ0v) is 13.2. The third-order valence-corrected chi connectivity index (χ3v) is 4.28. The molecule has 1 aromatic rings. The molecule has 0 amide bonds. The molecule has 1 aliphatic rings.